The van der Waals surface area contributed by atoms with Gasteiger partial charge in [0.25, 0.3) is 0 Å². The fraction of sp³-hybridized carbons (Fsp3) is 0.444. The number of benzene rings is 1. The molecule has 6 heteroatoms. The van der Waals surface area contributed by atoms with Crippen molar-refractivity contribution in [3.8, 4) is 11.3 Å². The summed E-state index contributed by atoms with van der Waals surface area (Å²) < 4.78 is 8.32. The number of imidazole rings is 1. The second kappa shape index (κ2) is 7.07. The Morgan fingerprint density at radius 1 is 1.33 bits per heavy atom. The van der Waals surface area contributed by atoms with Crippen LogP contribution in [0.5, 0.6) is 0 Å². The van der Waals surface area contributed by atoms with E-state index in [2.05, 4.69) is 26.2 Å². The topological polar surface area (TPSA) is 56.1 Å². The molecule has 1 aliphatic rings. The quantitative estimate of drug-likeness (QED) is 0.859. The Balaban J connectivity index is 1.85. The van der Waals surface area contributed by atoms with E-state index in [1.807, 2.05) is 42.8 Å². The molecular weight excluding hydrogens is 370 g/mol. The number of aryl methyl sites for hydroxylation is 1. The van der Waals surface area contributed by atoms with Crippen molar-refractivity contribution in [3.63, 3.8) is 0 Å². The lowest BCUT2D eigenvalue weighted by Gasteiger charge is -2.13. The minimum absolute atomic E-state index is 0.00271. The molecule has 0 aliphatic heterocycles. The summed E-state index contributed by atoms with van der Waals surface area (Å²) in [5, 5.41) is 3.09. The van der Waals surface area contributed by atoms with Crippen LogP contribution in [-0.2, 0) is 16.6 Å². The fourth-order valence-corrected chi connectivity index (χ4v) is 3.44. The van der Waals surface area contributed by atoms with Gasteiger partial charge in [-0.1, -0.05) is 28.1 Å². The van der Waals surface area contributed by atoms with Crippen molar-refractivity contribution < 1.29 is 9.53 Å². The van der Waals surface area contributed by atoms with E-state index in [9.17, 15) is 4.79 Å². The molecule has 0 bridgehead atoms. The zero-order valence-corrected chi connectivity index (χ0v) is 15.8. The molecule has 1 aromatic carbocycles. The van der Waals surface area contributed by atoms with E-state index in [4.69, 9.17) is 4.74 Å². The predicted octanol–water partition coefficient (Wildman–Crippen LogP) is 3.91. The van der Waals surface area contributed by atoms with E-state index < -0.39 is 0 Å². The fourth-order valence-electron chi connectivity index (χ4n) is 3.17. The van der Waals surface area contributed by atoms with Crippen LogP contribution < -0.4 is 5.32 Å². The molecule has 2 atom stereocenters. The van der Waals surface area contributed by atoms with Gasteiger partial charge in [0.1, 0.15) is 17.3 Å². The van der Waals surface area contributed by atoms with Gasteiger partial charge in [0.05, 0.1) is 6.10 Å². The summed E-state index contributed by atoms with van der Waals surface area (Å²) in [6.07, 6.45) is 2.79. The highest BCUT2D eigenvalue weighted by Gasteiger charge is 2.31. The number of ether oxygens (including phenoxy) is 1. The Bertz CT molecular complexity index is 739. The second-order valence-corrected chi connectivity index (χ2v) is 7.19. The summed E-state index contributed by atoms with van der Waals surface area (Å²) >= 11 is 3.45. The lowest BCUT2D eigenvalue weighted by molar-refractivity contribution is -0.120. The number of anilines is 1. The molecule has 1 fully saturated rings. The second-order valence-electron chi connectivity index (χ2n) is 6.28. The number of halogens is 1. The zero-order valence-electron chi connectivity index (χ0n) is 14.2. The van der Waals surface area contributed by atoms with Crippen LogP contribution in [0.4, 0.5) is 5.82 Å². The van der Waals surface area contributed by atoms with E-state index in [-0.39, 0.29) is 17.9 Å². The average Bonchev–Trinajstić information content (AvgIpc) is 3.16. The first-order valence-corrected chi connectivity index (χ1v) is 8.91. The summed E-state index contributed by atoms with van der Waals surface area (Å²) in [7, 11) is 3.63. The van der Waals surface area contributed by atoms with Crippen LogP contribution in [0.25, 0.3) is 11.3 Å². The van der Waals surface area contributed by atoms with Crippen LogP contribution in [0.2, 0.25) is 0 Å². The third-order valence-electron chi connectivity index (χ3n) is 4.77. The Morgan fingerprint density at radius 2 is 2.04 bits per heavy atom. The van der Waals surface area contributed by atoms with Crippen molar-refractivity contribution in [1.82, 2.24) is 9.55 Å². The number of carbonyl (C=O) groups is 1. The summed E-state index contributed by atoms with van der Waals surface area (Å²) in [6.45, 7) is 1.94. The van der Waals surface area contributed by atoms with Crippen molar-refractivity contribution >= 4 is 27.7 Å². The normalized spacial score (nSPS) is 20.3. The highest BCUT2D eigenvalue weighted by Crippen LogP contribution is 2.32. The molecule has 0 spiro atoms. The molecule has 24 heavy (non-hydrogen) atoms. The molecule has 0 radical (unpaired) electrons. The van der Waals surface area contributed by atoms with Gasteiger partial charge in [-0.25, -0.2) is 4.98 Å². The number of rotatable bonds is 4. The van der Waals surface area contributed by atoms with Crippen molar-refractivity contribution in [1.29, 1.82) is 0 Å². The first-order valence-electron chi connectivity index (χ1n) is 8.12. The van der Waals surface area contributed by atoms with Gasteiger partial charge in [-0.2, -0.15) is 0 Å². The third-order valence-corrected chi connectivity index (χ3v) is 5.30. The Kier molecular flexibility index (Phi) is 5.06. The predicted molar refractivity (Wildman–Crippen MR) is 97.8 cm³/mol. The molecule has 1 amide bonds. The van der Waals surface area contributed by atoms with E-state index in [0.717, 1.165) is 46.6 Å². The lowest BCUT2D eigenvalue weighted by atomic mass is 10.1. The van der Waals surface area contributed by atoms with Crippen molar-refractivity contribution in [2.24, 2.45) is 13.0 Å². The maximum Gasteiger partial charge on any atom is 0.228 e. The van der Waals surface area contributed by atoms with Gasteiger partial charge in [-0.3, -0.25) is 4.79 Å². The lowest BCUT2D eigenvalue weighted by Crippen LogP contribution is -2.23. The zero-order chi connectivity index (χ0) is 17.3. The molecule has 1 N–H and O–H groups in total. The monoisotopic (exact) mass is 391 g/mol. The summed E-state index contributed by atoms with van der Waals surface area (Å²) in [5.74, 6) is 1.67. The first-order chi connectivity index (χ1) is 11.5. The van der Waals surface area contributed by atoms with Crippen LogP contribution in [0, 0.1) is 12.8 Å². The van der Waals surface area contributed by atoms with E-state index in [1.165, 1.54) is 0 Å². The van der Waals surface area contributed by atoms with Crippen LogP contribution >= 0.6 is 15.9 Å². The smallest absolute Gasteiger partial charge is 0.228 e. The highest BCUT2D eigenvalue weighted by molar-refractivity contribution is 9.10. The largest absolute Gasteiger partial charge is 0.381 e. The number of nitrogens with one attached hydrogen (secondary N) is 1. The third kappa shape index (κ3) is 3.39. The van der Waals surface area contributed by atoms with E-state index in [1.54, 1.807) is 7.11 Å². The van der Waals surface area contributed by atoms with Crippen LogP contribution in [-0.4, -0.2) is 28.7 Å². The molecule has 128 valence electrons. The number of nitrogens with zero attached hydrogens (tertiary/aromatic N) is 2. The molecule has 3 rings (SSSR count). The van der Waals surface area contributed by atoms with Gasteiger partial charge in [0.15, 0.2) is 0 Å². The molecule has 1 aromatic heterocycles. The number of hydrogen-bond donors (Lipinski definition) is 1. The number of carbonyl (C=O) groups excluding carboxylic acids is 1. The van der Waals surface area contributed by atoms with Gasteiger partial charge in [-0.05, 0) is 38.3 Å². The SMILES string of the molecule is COC1CCC(C(=O)Nc2c(-c3ccc(Br)cc3)nc(C)n2C)C1. The van der Waals surface area contributed by atoms with E-state index in [0.29, 0.717) is 0 Å². The molecule has 1 heterocycles. The molecule has 1 aliphatic carbocycles. The number of amides is 1. The van der Waals surface area contributed by atoms with Crippen molar-refractivity contribution in [3.05, 3.63) is 34.6 Å². The van der Waals surface area contributed by atoms with Gasteiger partial charge in [0.2, 0.25) is 5.91 Å². The van der Waals surface area contributed by atoms with E-state index >= 15 is 0 Å². The standard InChI is InChI=1S/C18H22BrN3O2/c1-11-20-16(12-4-7-14(19)8-5-12)17(22(11)2)21-18(23)13-6-9-15(10-13)24-3/h4-5,7-8,13,15H,6,9-10H2,1-3H3,(H,21,23). The number of hydrogen-bond acceptors (Lipinski definition) is 3. The van der Waals surface area contributed by atoms with Crippen LogP contribution in [0.3, 0.4) is 0 Å². The molecule has 1 saturated carbocycles. The Labute approximate surface area is 150 Å². The maximum atomic E-state index is 12.7. The molecule has 2 unspecified atom stereocenters. The molecule has 2 aromatic rings. The van der Waals surface area contributed by atoms with Gasteiger partial charge in [0, 0.05) is 30.1 Å². The average molecular weight is 392 g/mol. The number of aromatic nitrogens is 2. The van der Waals surface area contributed by atoms with Gasteiger partial charge < -0.3 is 14.6 Å². The Hall–Kier alpha value is -1.66. The molecule has 5 nitrogen and oxygen atoms in total. The summed E-state index contributed by atoms with van der Waals surface area (Å²) in [6, 6.07) is 7.95. The van der Waals surface area contributed by atoms with Gasteiger partial charge >= 0.3 is 0 Å². The minimum atomic E-state index is 0.00271. The summed E-state index contributed by atoms with van der Waals surface area (Å²) in [5.41, 5.74) is 1.79. The maximum absolute atomic E-state index is 12.7. The van der Waals surface area contributed by atoms with Crippen molar-refractivity contribution in [2.75, 3.05) is 12.4 Å². The van der Waals surface area contributed by atoms with Crippen molar-refractivity contribution in [2.45, 2.75) is 32.3 Å². The number of methoxy groups -OCH3 is 1. The highest BCUT2D eigenvalue weighted by atomic mass is 79.9. The summed E-state index contributed by atoms with van der Waals surface area (Å²) in [4.78, 5) is 17.3. The Morgan fingerprint density at radius 3 is 2.67 bits per heavy atom. The van der Waals surface area contributed by atoms with Crippen LogP contribution in [0.15, 0.2) is 28.7 Å². The molecular formula is C18H22BrN3O2. The first kappa shape index (κ1) is 17.2. The van der Waals surface area contributed by atoms with Gasteiger partial charge in [-0.15, -0.1) is 0 Å². The molecule has 0 saturated heterocycles. The minimum Gasteiger partial charge on any atom is -0.381 e. The van der Waals surface area contributed by atoms with Crippen LogP contribution in [0.1, 0.15) is 25.1 Å².